The lowest BCUT2D eigenvalue weighted by molar-refractivity contribution is -0.141. The number of hydrogen-bond donors (Lipinski definition) is 4. The molecule has 0 saturated carbocycles. The monoisotopic (exact) mass is 468 g/mol. The molecule has 34 heavy (non-hydrogen) atoms. The van der Waals surface area contributed by atoms with Gasteiger partial charge in [-0.3, -0.25) is 9.59 Å². The Morgan fingerprint density at radius 3 is 1.24 bits per heavy atom. The summed E-state index contributed by atoms with van der Waals surface area (Å²) in [7, 11) is 0. The molecule has 0 saturated heterocycles. The zero-order valence-corrected chi connectivity index (χ0v) is 20.3. The Morgan fingerprint density at radius 2 is 0.971 bits per heavy atom. The second-order valence-corrected chi connectivity index (χ2v) is 9.06. The molecule has 0 unspecified atom stereocenters. The third-order valence-electron chi connectivity index (χ3n) is 5.72. The number of carboxylic acid groups (broad SMARTS) is 2. The standard InChI is InChI=1S/C26H32N2O6/c1-13(2)21(25(31)32)27-23(29)17-11-7-9-15(5)19(17)20-16(6)10-8-12-18(20)24(30)28-22(14(3)4)26(33)34/h7-14,21-22H,1-6H3,(H,27,29)(H,28,30)(H,31,32)(H,33,34)/t21-,22-/m1/s1. The maximum Gasteiger partial charge on any atom is 0.326 e. The Labute approximate surface area is 199 Å². The third kappa shape index (κ3) is 5.81. The molecule has 0 bridgehead atoms. The Bertz CT molecular complexity index is 1020. The number of carbonyl (C=O) groups is 4. The van der Waals surface area contributed by atoms with E-state index in [0.717, 1.165) is 0 Å². The maximum absolute atomic E-state index is 13.2. The van der Waals surface area contributed by atoms with Gasteiger partial charge in [0.05, 0.1) is 0 Å². The van der Waals surface area contributed by atoms with Crippen molar-refractivity contribution < 1.29 is 29.4 Å². The summed E-state index contributed by atoms with van der Waals surface area (Å²) in [5.41, 5.74) is 2.88. The summed E-state index contributed by atoms with van der Waals surface area (Å²) >= 11 is 0. The summed E-state index contributed by atoms with van der Waals surface area (Å²) in [6.45, 7) is 10.4. The molecule has 0 aliphatic heterocycles. The first-order valence-corrected chi connectivity index (χ1v) is 11.1. The molecule has 0 aliphatic carbocycles. The van der Waals surface area contributed by atoms with Gasteiger partial charge >= 0.3 is 11.9 Å². The summed E-state index contributed by atoms with van der Waals surface area (Å²) < 4.78 is 0. The number of aliphatic carboxylic acids is 2. The van der Waals surface area contributed by atoms with E-state index < -0.39 is 35.8 Å². The van der Waals surface area contributed by atoms with Gasteiger partial charge < -0.3 is 20.8 Å². The second-order valence-electron chi connectivity index (χ2n) is 9.06. The van der Waals surface area contributed by atoms with E-state index in [-0.39, 0.29) is 23.0 Å². The number of nitrogens with one attached hydrogen (secondary N) is 2. The van der Waals surface area contributed by atoms with E-state index in [0.29, 0.717) is 22.3 Å². The normalized spacial score (nSPS) is 12.8. The number of rotatable bonds is 9. The molecule has 8 nitrogen and oxygen atoms in total. The van der Waals surface area contributed by atoms with E-state index in [1.54, 1.807) is 77.9 Å². The quantitative estimate of drug-likeness (QED) is 0.444. The molecule has 0 heterocycles. The predicted octanol–water partition coefficient (Wildman–Crippen LogP) is 3.65. The Kier molecular flexibility index (Phi) is 8.57. The van der Waals surface area contributed by atoms with Crippen LogP contribution in [0.5, 0.6) is 0 Å². The molecule has 4 N–H and O–H groups in total. The summed E-state index contributed by atoms with van der Waals surface area (Å²) in [6.07, 6.45) is 0. The lowest BCUT2D eigenvalue weighted by Gasteiger charge is -2.22. The summed E-state index contributed by atoms with van der Waals surface area (Å²) in [5.74, 6) is -4.08. The molecule has 0 radical (unpaired) electrons. The first-order valence-electron chi connectivity index (χ1n) is 11.1. The SMILES string of the molecule is Cc1cccc(C(=O)N[C@@H](C(=O)O)C(C)C)c1-c1c(C)cccc1C(=O)N[C@@H](C(=O)O)C(C)C. The van der Waals surface area contributed by atoms with Gasteiger partial charge in [0.15, 0.2) is 0 Å². The van der Waals surface area contributed by atoms with Crippen LogP contribution in [0.4, 0.5) is 0 Å². The van der Waals surface area contributed by atoms with Crippen molar-refractivity contribution >= 4 is 23.8 Å². The summed E-state index contributed by atoms with van der Waals surface area (Å²) in [6, 6.07) is 7.98. The van der Waals surface area contributed by atoms with E-state index in [2.05, 4.69) is 10.6 Å². The van der Waals surface area contributed by atoms with Crippen molar-refractivity contribution in [2.45, 2.75) is 53.6 Å². The topological polar surface area (TPSA) is 133 Å². The van der Waals surface area contributed by atoms with Crippen LogP contribution in [0.3, 0.4) is 0 Å². The van der Waals surface area contributed by atoms with Gasteiger partial charge in [0.1, 0.15) is 12.1 Å². The minimum absolute atomic E-state index is 0.230. The zero-order valence-electron chi connectivity index (χ0n) is 20.3. The first-order chi connectivity index (χ1) is 15.9. The van der Waals surface area contributed by atoms with Crippen molar-refractivity contribution in [1.82, 2.24) is 10.6 Å². The molecule has 0 spiro atoms. The van der Waals surface area contributed by atoms with Gasteiger partial charge in [-0.05, 0) is 60.1 Å². The average Bonchev–Trinajstić information content (AvgIpc) is 2.74. The molecule has 0 aromatic heterocycles. The molecule has 2 rings (SSSR count). The summed E-state index contributed by atoms with van der Waals surface area (Å²) in [4.78, 5) is 49.7. The van der Waals surface area contributed by atoms with Gasteiger partial charge in [0.25, 0.3) is 11.8 Å². The van der Waals surface area contributed by atoms with Crippen LogP contribution in [-0.2, 0) is 9.59 Å². The van der Waals surface area contributed by atoms with Crippen LogP contribution < -0.4 is 10.6 Å². The minimum atomic E-state index is -1.14. The van der Waals surface area contributed by atoms with E-state index >= 15 is 0 Å². The number of carbonyl (C=O) groups excluding carboxylic acids is 2. The molecule has 2 atom stereocenters. The first kappa shape index (κ1) is 26.6. The highest BCUT2D eigenvalue weighted by molar-refractivity contribution is 6.08. The average molecular weight is 469 g/mol. The van der Waals surface area contributed by atoms with Crippen LogP contribution in [0, 0.1) is 25.7 Å². The van der Waals surface area contributed by atoms with Crippen molar-refractivity contribution in [3.8, 4) is 11.1 Å². The number of benzene rings is 2. The molecule has 0 aliphatic rings. The Morgan fingerprint density at radius 1 is 0.647 bits per heavy atom. The highest BCUT2D eigenvalue weighted by Crippen LogP contribution is 2.33. The number of carboxylic acids is 2. The lowest BCUT2D eigenvalue weighted by Crippen LogP contribution is -2.45. The van der Waals surface area contributed by atoms with Crippen molar-refractivity contribution in [2.75, 3.05) is 0 Å². The van der Waals surface area contributed by atoms with Gasteiger partial charge in [-0.2, -0.15) is 0 Å². The van der Waals surface area contributed by atoms with E-state index in [4.69, 9.17) is 0 Å². The molecular formula is C26H32N2O6. The fraction of sp³-hybridized carbons (Fsp3) is 0.385. The summed E-state index contributed by atoms with van der Waals surface area (Å²) in [5, 5.41) is 24.2. The molecule has 2 aromatic carbocycles. The fourth-order valence-corrected chi connectivity index (χ4v) is 3.84. The van der Waals surface area contributed by atoms with Crippen molar-refractivity contribution in [3.05, 3.63) is 58.7 Å². The van der Waals surface area contributed by atoms with E-state index in [1.807, 2.05) is 0 Å². The number of hydrogen-bond acceptors (Lipinski definition) is 4. The highest BCUT2D eigenvalue weighted by atomic mass is 16.4. The number of aryl methyl sites for hydroxylation is 2. The van der Waals surface area contributed by atoms with Crippen LogP contribution in [0.2, 0.25) is 0 Å². The minimum Gasteiger partial charge on any atom is -0.480 e. The molecule has 8 heteroatoms. The fourth-order valence-electron chi connectivity index (χ4n) is 3.84. The van der Waals surface area contributed by atoms with Crippen LogP contribution in [0.25, 0.3) is 11.1 Å². The van der Waals surface area contributed by atoms with E-state index in [1.165, 1.54) is 0 Å². The van der Waals surface area contributed by atoms with Gasteiger partial charge in [0.2, 0.25) is 0 Å². The Balaban J connectivity index is 2.63. The maximum atomic E-state index is 13.2. The van der Waals surface area contributed by atoms with Gasteiger partial charge in [-0.1, -0.05) is 52.0 Å². The van der Waals surface area contributed by atoms with Crippen LogP contribution >= 0.6 is 0 Å². The second kappa shape index (κ2) is 11.0. The van der Waals surface area contributed by atoms with Crippen LogP contribution in [-0.4, -0.2) is 46.0 Å². The molecular weight excluding hydrogens is 436 g/mol. The van der Waals surface area contributed by atoms with Crippen molar-refractivity contribution in [3.63, 3.8) is 0 Å². The zero-order chi connectivity index (χ0) is 25.7. The highest BCUT2D eigenvalue weighted by Gasteiger charge is 2.29. The third-order valence-corrected chi connectivity index (χ3v) is 5.72. The number of amides is 2. The van der Waals surface area contributed by atoms with Crippen LogP contribution in [0.15, 0.2) is 36.4 Å². The van der Waals surface area contributed by atoms with Gasteiger partial charge in [-0.15, -0.1) is 0 Å². The molecule has 182 valence electrons. The van der Waals surface area contributed by atoms with Gasteiger partial charge in [0, 0.05) is 11.1 Å². The van der Waals surface area contributed by atoms with E-state index in [9.17, 15) is 29.4 Å². The van der Waals surface area contributed by atoms with Crippen molar-refractivity contribution in [2.24, 2.45) is 11.8 Å². The van der Waals surface area contributed by atoms with Gasteiger partial charge in [-0.25, -0.2) is 9.59 Å². The molecule has 0 fully saturated rings. The lowest BCUT2D eigenvalue weighted by atomic mass is 9.87. The van der Waals surface area contributed by atoms with Crippen molar-refractivity contribution in [1.29, 1.82) is 0 Å². The largest absolute Gasteiger partial charge is 0.480 e. The Hall–Kier alpha value is -3.68. The molecule has 2 amide bonds. The predicted molar refractivity (Wildman–Crippen MR) is 129 cm³/mol. The van der Waals surface area contributed by atoms with Crippen LogP contribution in [0.1, 0.15) is 59.5 Å². The molecule has 2 aromatic rings. The smallest absolute Gasteiger partial charge is 0.326 e.